The van der Waals surface area contributed by atoms with Gasteiger partial charge in [0.05, 0.1) is 13.2 Å². The molecule has 1 aromatic rings. The molecule has 5 nitrogen and oxygen atoms in total. The lowest BCUT2D eigenvalue weighted by Gasteiger charge is -2.15. The maximum absolute atomic E-state index is 9.81. The van der Waals surface area contributed by atoms with E-state index in [1.807, 2.05) is 25.1 Å². The lowest BCUT2D eigenvalue weighted by molar-refractivity contribution is 0.102. The van der Waals surface area contributed by atoms with Crippen LogP contribution in [0.4, 0.5) is 0 Å². The third kappa shape index (κ3) is 6.23. The average Bonchev–Trinajstić information content (AvgIpc) is 2.49. The van der Waals surface area contributed by atoms with E-state index >= 15 is 0 Å². The fourth-order valence-electron chi connectivity index (χ4n) is 1.72. The van der Waals surface area contributed by atoms with E-state index in [4.69, 9.17) is 9.47 Å². The quantitative estimate of drug-likeness (QED) is 0.563. The Morgan fingerprint density at radius 2 is 1.85 bits per heavy atom. The number of hydrogen-bond donors (Lipinski definition) is 3. The van der Waals surface area contributed by atoms with Crippen LogP contribution in [0.3, 0.4) is 0 Å². The highest BCUT2D eigenvalue weighted by molar-refractivity contribution is 5.39. The Hall–Kier alpha value is -1.30. The van der Waals surface area contributed by atoms with Gasteiger partial charge >= 0.3 is 0 Å². The van der Waals surface area contributed by atoms with Crippen LogP contribution in [0.5, 0.6) is 11.5 Å². The number of methoxy groups -OCH3 is 1. The van der Waals surface area contributed by atoms with Gasteiger partial charge in [-0.05, 0) is 31.5 Å². The van der Waals surface area contributed by atoms with Gasteiger partial charge < -0.3 is 25.0 Å². The summed E-state index contributed by atoms with van der Waals surface area (Å²) in [6, 6.07) is 7.33. The molecule has 0 aliphatic rings. The van der Waals surface area contributed by atoms with Crippen LogP contribution in [-0.4, -0.2) is 49.2 Å². The van der Waals surface area contributed by atoms with Gasteiger partial charge in [-0.1, -0.05) is 19.1 Å². The van der Waals surface area contributed by atoms with Crippen molar-refractivity contribution in [2.45, 2.75) is 32.0 Å². The molecule has 20 heavy (non-hydrogen) atoms. The minimum Gasteiger partial charge on any atom is -0.493 e. The predicted molar refractivity (Wildman–Crippen MR) is 78.3 cm³/mol. The van der Waals surface area contributed by atoms with Crippen molar-refractivity contribution >= 4 is 0 Å². The fourth-order valence-corrected chi connectivity index (χ4v) is 1.72. The van der Waals surface area contributed by atoms with Crippen LogP contribution in [0.2, 0.25) is 0 Å². The van der Waals surface area contributed by atoms with E-state index in [9.17, 15) is 10.2 Å². The molecule has 2 unspecified atom stereocenters. The van der Waals surface area contributed by atoms with Crippen molar-refractivity contribution in [3.8, 4) is 11.5 Å². The van der Waals surface area contributed by atoms with Crippen molar-refractivity contribution < 1.29 is 19.7 Å². The first-order valence-electron chi connectivity index (χ1n) is 7.00. The predicted octanol–water partition coefficient (Wildman–Crippen LogP) is 1.19. The Labute approximate surface area is 120 Å². The molecule has 114 valence electrons. The van der Waals surface area contributed by atoms with Crippen LogP contribution in [0.1, 0.15) is 19.8 Å². The minimum atomic E-state index is -0.598. The third-order valence-corrected chi connectivity index (χ3v) is 3.01. The second kappa shape index (κ2) is 9.58. The van der Waals surface area contributed by atoms with Crippen LogP contribution in [0, 0.1) is 0 Å². The van der Waals surface area contributed by atoms with Crippen molar-refractivity contribution in [3.05, 3.63) is 24.3 Å². The first kappa shape index (κ1) is 16.8. The molecule has 0 aliphatic carbocycles. The maximum atomic E-state index is 9.81. The van der Waals surface area contributed by atoms with Crippen molar-refractivity contribution in [1.29, 1.82) is 0 Å². The van der Waals surface area contributed by atoms with E-state index in [1.54, 1.807) is 13.2 Å². The van der Waals surface area contributed by atoms with E-state index < -0.39 is 6.10 Å². The zero-order valence-electron chi connectivity index (χ0n) is 12.2. The molecule has 5 heteroatoms. The van der Waals surface area contributed by atoms with E-state index in [-0.39, 0.29) is 12.7 Å². The van der Waals surface area contributed by atoms with Crippen LogP contribution >= 0.6 is 0 Å². The molecule has 1 aromatic carbocycles. The molecule has 0 saturated heterocycles. The molecule has 0 amide bonds. The molecule has 0 spiro atoms. The van der Waals surface area contributed by atoms with Crippen LogP contribution in [0.15, 0.2) is 24.3 Å². The largest absolute Gasteiger partial charge is 0.493 e. The molecule has 0 fully saturated rings. The van der Waals surface area contributed by atoms with Gasteiger partial charge in [-0.15, -0.1) is 0 Å². The number of ether oxygens (including phenoxy) is 2. The molecule has 0 heterocycles. The lowest BCUT2D eigenvalue weighted by Crippen LogP contribution is -2.33. The van der Waals surface area contributed by atoms with E-state index in [2.05, 4.69) is 5.32 Å². The number of hydrogen-bond acceptors (Lipinski definition) is 5. The summed E-state index contributed by atoms with van der Waals surface area (Å²) < 4.78 is 10.7. The standard InChI is InChI=1S/C15H25NO4/c1-3-12(17)8-9-16-10-13(18)11-20-15-7-5-4-6-14(15)19-2/h4-7,12-13,16-18H,3,8-11H2,1-2H3. The Morgan fingerprint density at radius 3 is 2.50 bits per heavy atom. The molecule has 1 rings (SSSR count). The molecular formula is C15H25NO4. The molecule has 2 atom stereocenters. The summed E-state index contributed by atoms with van der Waals surface area (Å²) in [5, 5.41) is 22.3. The first-order chi connectivity index (χ1) is 9.67. The first-order valence-corrected chi connectivity index (χ1v) is 7.00. The summed E-state index contributed by atoms with van der Waals surface area (Å²) in [5.74, 6) is 1.27. The zero-order valence-corrected chi connectivity index (χ0v) is 12.2. The van der Waals surface area contributed by atoms with Gasteiger partial charge in [0.15, 0.2) is 11.5 Å². The minimum absolute atomic E-state index is 0.198. The lowest BCUT2D eigenvalue weighted by atomic mass is 10.2. The Kier molecular flexibility index (Phi) is 8.02. The summed E-state index contributed by atoms with van der Waals surface area (Å²) in [7, 11) is 1.58. The Bertz CT molecular complexity index is 373. The van der Waals surface area contributed by atoms with Gasteiger partial charge in [0.2, 0.25) is 0 Å². The van der Waals surface area contributed by atoms with Crippen LogP contribution in [0.25, 0.3) is 0 Å². The molecule has 0 radical (unpaired) electrons. The fraction of sp³-hybridized carbons (Fsp3) is 0.600. The Morgan fingerprint density at radius 1 is 1.15 bits per heavy atom. The molecular weight excluding hydrogens is 258 g/mol. The summed E-state index contributed by atoms with van der Waals surface area (Å²) in [5.41, 5.74) is 0. The topological polar surface area (TPSA) is 71.0 Å². The number of rotatable bonds is 10. The van der Waals surface area contributed by atoms with E-state index in [0.29, 0.717) is 31.0 Å². The van der Waals surface area contributed by atoms with Crippen molar-refractivity contribution in [2.75, 3.05) is 26.8 Å². The highest BCUT2D eigenvalue weighted by Crippen LogP contribution is 2.25. The van der Waals surface area contributed by atoms with Gasteiger partial charge in [0, 0.05) is 6.54 Å². The van der Waals surface area contributed by atoms with Crippen LogP contribution in [-0.2, 0) is 0 Å². The smallest absolute Gasteiger partial charge is 0.161 e. The summed E-state index contributed by atoms with van der Waals surface area (Å²) in [4.78, 5) is 0. The highest BCUT2D eigenvalue weighted by Gasteiger charge is 2.08. The van der Waals surface area contributed by atoms with Gasteiger partial charge in [0.25, 0.3) is 0 Å². The summed E-state index contributed by atoms with van der Waals surface area (Å²) in [6.45, 7) is 3.26. The second-order valence-electron chi connectivity index (χ2n) is 4.67. The summed E-state index contributed by atoms with van der Waals surface area (Å²) in [6.07, 6.45) is 0.570. The van der Waals surface area contributed by atoms with E-state index in [0.717, 1.165) is 6.42 Å². The molecule has 0 bridgehead atoms. The van der Waals surface area contributed by atoms with Crippen LogP contribution < -0.4 is 14.8 Å². The maximum Gasteiger partial charge on any atom is 0.161 e. The van der Waals surface area contributed by atoms with E-state index in [1.165, 1.54) is 0 Å². The number of para-hydroxylation sites is 2. The van der Waals surface area contributed by atoms with Gasteiger partial charge in [-0.2, -0.15) is 0 Å². The normalized spacial score (nSPS) is 13.8. The number of aliphatic hydroxyl groups is 2. The molecule has 0 aliphatic heterocycles. The average molecular weight is 283 g/mol. The third-order valence-electron chi connectivity index (χ3n) is 3.01. The van der Waals surface area contributed by atoms with Gasteiger partial charge in [-0.25, -0.2) is 0 Å². The molecule has 0 aromatic heterocycles. The summed E-state index contributed by atoms with van der Waals surface area (Å²) >= 11 is 0. The number of nitrogens with one attached hydrogen (secondary N) is 1. The molecule has 0 saturated carbocycles. The van der Waals surface area contributed by atoms with Gasteiger partial charge in [0.1, 0.15) is 12.7 Å². The monoisotopic (exact) mass is 283 g/mol. The molecule has 3 N–H and O–H groups in total. The second-order valence-corrected chi connectivity index (χ2v) is 4.67. The number of aliphatic hydroxyl groups excluding tert-OH is 2. The Balaban J connectivity index is 2.21. The van der Waals surface area contributed by atoms with Crippen molar-refractivity contribution in [2.24, 2.45) is 0 Å². The van der Waals surface area contributed by atoms with Crippen molar-refractivity contribution in [3.63, 3.8) is 0 Å². The number of benzene rings is 1. The SMILES string of the molecule is CCC(O)CCNCC(O)COc1ccccc1OC. The van der Waals surface area contributed by atoms with Crippen molar-refractivity contribution in [1.82, 2.24) is 5.32 Å². The zero-order chi connectivity index (χ0) is 14.8. The van der Waals surface area contributed by atoms with Gasteiger partial charge in [-0.3, -0.25) is 0 Å². The highest BCUT2D eigenvalue weighted by atomic mass is 16.5.